The molecule has 0 amide bonds. The van der Waals surface area contributed by atoms with E-state index in [1.54, 1.807) is 0 Å². The maximum Gasteiger partial charge on any atom is 0.0303 e. The molecule has 1 aliphatic heterocycles. The van der Waals surface area contributed by atoms with E-state index in [2.05, 4.69) is 29.8 Å². The summed E-state index contributed by atoms with van der Waals surface area (Å²) in [7, 11) is 0. The lowest BCUT2D eigenvalue weighted by molar-refractivity contribution is 0.208. The molecule has 0 radical (unpaired) electrons. The van der Waals surface area contributed by atoms with Crippen LogP contribution in [0, 0.1) is 11.8 Å². The molecule has 1 saturated carbocycles. The van der Waals surface area contributed by atoms with Gasteiger partial charge in [-0.05, 0) is 50.7 Å². The largest absolute Gasteiger partial charge is 0.317 e. The molecule has 1 aliphatic carbocycles. The van der Waals surface area contributed by atoms with E-state index in [0.717, 1.165) is 18.4 Å². The highest BCUT2D eigenvalue weighted by molar-refractivity contribution is 4.97. The molecule has 2 rings (SSSR count). The van der Waals surface area contributed by atoms with Crippen molar-refractivity contribution >= 4 is 0 Å². The number of nitrogens with zero attached hydrogens (tertiary/aromatic N) is 1. The van der Waals surface area contributed by atoms with Gasteiger partial charge < -0.3 is 5.32 Å². The summed E-state index contributed by atoms with van der Waals surface area (Å²) in [6.45, 7) is 11.1. The summed E-state index contributed by atoms with van der Waals surface area (Å²) in [6.07, 6.45) is 9.29. The van der Waals surface area contributed by atoms with E-state index in [4.69, 9.17) is 0 Å². The molecule has 1 N–H and O–H groups in total. The number of hydrogen-bond acceptors (Lipinski definition) is 2. The third kappa shape index (κ3) is 3.32. The Bertz CT molecular complexity index is 233. The molecule has 2 fully saturated rings. The van der Waals surface area contributed by atoms with Crippen molar-refractivity contribution in [3.63, 3.8) is 0 Å². The Hall–Kier alpha value is -0.340. The van der Waals surface area contributed by atoms with Gasteiger partial charge in [0.05, 0.1) is 0 Å². The van der Waals surface area contributed by atoms with Gasteiger partial charge in [-0.3, -0.25) is 4.90 Å². The fraction of sp³-hybridized carbons (Fsp3) is 0.867. The van der Waals surface area contributed by atoms with Gasteiger partial charge in [-0.15, -0.1) is 6.58 Å². The van der Waals surface area contributed by atoms with Gasteiger partial charge in [-0.1, -0.05) is 25.8 Å². The first kappa shape index (κ1) is 13.1. The van der Waals surface area contributed by atoms with Gasteiger partial charge in [0.15, 0.2) is 0 Å². The highest BCUT2D eigenvalue weighted by atomic mass is 15.2. The molecule has 0 aromatic rings. The number of rotatable bonds is 6. The average molecular weight is 236 g/mol. The van der Waals surface area contributed by atoms with Crippen molar-refractivity contribution in [3.05, 3.63) is 12.7 Å². The molecular formula is C15H28N2. The molecule has 2 aliphatic rings. The summed E-state index contributed by atoms with van der Waals surface area (Å²) in [5, 5.41) is 3.48. The van der Waals surface area contributed by atoms with Crippen LogP contribution in [0.4, 0.5) is 0 Å². The minimum Gasteiger partial charge on any atom is -0.317 e. The minimum absolute atomic E-state index is 0.657. The second kappa shape index (κ2) is 6.55. The predicted molar refractivity (Wildman–Crippen MR) is 74.2 cm³/mol. The third-order valence-electron chi connectivity index (χ3n) is 4.55. The first-order valence-corrected chi connectivity index (χ1v) is 7.42. The van der Waals surface area contributed by atoms with Crippen LogP contribution in [0.5, 0.6) is 0 Å². The van der Waals surface area contributed by atoms with Crippen LogP contribution in [0.2, 0.25) is 0 Å². The second-order valence-electron chi connectivity index (χ2n) is 5.73. The maximum atomic E-state index is 4.08. The van der Waals surface area contributed by atoms with Crippen LogP contribution in [-0.2, 0) is 0 Å². The maximum absolute atomic E-state index is 4.08. The zero-order valence-electron chi connectivity index (χ0n) is 11.3. The Morgan fingerprint density at radius 2 is 2.12 bits per heavy atom. The zero-order chi connectivity index (χ0) is 12.1. The lowest BCUT2D eigenvalue weighted by atomic mass is 9.97. The molecule has 1 saturated heterocycles. The van der Waals surface area contributed by atoms with Crippen molar-refractivity contribution < 1.29 is 0 Å². The molecule has 17 heavy (non-hydrogen) atoms. The first-order valence-electron chi connectivity index (χ1n) is 7.42. The highest BCUT2D eigenvalue weighted by Crippen LogP contribution is 2.33. The van der Waals surface area contributed by atoms with Gasteiger partial charge in [0, 0.05) is 12.6 Å². The Morgan fingerprint density at radius 1 is 1.35 bits per heavy atom. The summed E-state index contributed by atoms with van der Waals surface area (Å²) < 4.78 is 0. The standard InChI is InChI=1S/C15H28N2/c1-3-15(14-7-5-6-8-14)17-10-9-13(12-17)11-16-4-2/h3,13-16H,1,4-12H2,2H3. The molecule has 98 valence electrons. The van der Waals surface area contributed by atoms with Crippen molar-refractivity contribution in [2.75, 3.05) is 26.2 Å². The number of nitrogens with one attached hydrogen (secondary N) is 1. The van der Waals surface area contributed by atoms with Crippen LogP contribution in [0.3, 0.4) is 0 Å². The number of hydrogen-bond donors (Lipinski definition) is 1. The van der Waals surface area contributed by atoms with Crippen LogP contribution >= 0.6 is 0 Å². The highest BCUT2D eigenvalue weighted by Gasteiger charge is 2.32. The molecule has 0 aromatic heterocycles. The molecule has 1 heterocycles. The second-order valence-corrected chi connectivity index (χ2v) is 5.73. The molecule has 0 aromatic carbocycles. The quantitative estimate of drug-likeness (QED) is 0.713. The van der Waals surface area contributed by atoms with Crippen LogP contribution in [0.1, 0.15) is 39.0 Å². The van der Waals surface area contributed by atoms with Crippen molar-refractivity contribution in [3.8, 4) is 0 Å². The van der Waals surface area contributed by atoms with Gasteiger partial charge in [0.2, 0.25) is 0 Å². The Labute approximate surface area is 106 Å². The zero-order valence-corrected chi connectivity index (χ0v) is 11.3. The SMILES string of the molecule is C=CC(C1CCCC1)N1CCC(CNCC)C1. The molecule has 0 spiro atoms. The van der Waals surface area contributed by atoms with Gasteiger partial charge in [-0.25, -0.2) is 0 Å². The Morgan fingerprint density at radius 3 is 2.76 bits per heavy atom. The van der Waals surface area contributed by atoms with Crippen LogP contribution in [-0.4, -0.2) is 37.1 Å². The van der Waals surface area contributed by atoms with E-state index in [-0.39, 0.29) is 0 Å². The lowest BCUT2D eigenvalue weighted by Crippen LogP contribution is -2.37. The van der Waals surface area contributed by atoms with E-state index in [1.165, 1.54) is 51.7 Å². The number of likely N-dealkylation sites (tertiary alicyclic amines) is 1. The third-order valence-corrected chi connectivity index (χ3v) is 4.55. The van der Waals surface area contributed by atoms with Crippen molar-refractivity contribution in [2.45, 2.75) is 45.1 Å². The average Bonchev–Trinajstić information content (AvgIpc) is 2.99. The Kier molecular flexibility index (Phi) is 5.05. The molecule has 2 nitrogen and oxygen atoms in total. The summed E-state index contributed by atoms with van der Waals surface area (Å²) in [5.41, 5.74) is 0. The fourth-order valence-electron chi connectivity index (χ4n) is 3.59. The normalized spacial score (nSPS) is 28.6. The summed E-state index contributed by atoms with van der Waals surface area (Å²) in [6, 6.07) is 0.657. The molecular weight excluding hydrogens is 208 g/mol. The van der Waals surface area contributed by atoms with Gasteiger partial charge >= 0.3 is 0 Å². The minimum atomic E-state index is 0.657. The smallest absolute Gasteiger partial charge is 0.0303 e. The van der Waals surface area contributed by atoms with Gasteiger partial charge in [0.1, 0.15) is 0 Å². The van der Waals surface area contributed by atoms with Crippen LogP contribution in [0.25, 0.3) is 0 Å². The lowest BCUT2D eigenvalue weighted by Gasteiger charge is -2.30. The van der Waals surface area contributed by atoms with Gasteiger partial charge in [0.25, 0.3) is 0 Å². The van der Waals surface area contributed by atoms with Crippen LogP contribution < -0.4 is 5.32 Å². The van der Waals surface area contributed by atoms with E-state index < -0.39 is 0 Å². The van der Waals surface area contributed by atoms with E-state index >= 15 is 0 Å². The topological polar surface area (TPSA) is 15.3 Å². The van der Waals surface area contributed by atoms with E-state index in [0.29, 0.717) is 6.04 Å². The first-order chi connectivity index (χ1) is 8.35. The Balaban J connectivity index is 1.82. The van der Waals surface area contributed by atoms with E-state index in [9.17, 15) is 0 Å². The van der Waals surface area contributed by atoms with Crippen molar-refractivity contribution in [2.24, 2.45) is 11.8 Å². The monoisotopic (exact) mass is 236 g/mol. The predicted octanol–water partition coefficient (Wildman–Crippen LogP) is 2.66. The molecule has 2 heteroatoms. The molecule has 2 atom stereocenters. The fourth-order valence-corrected chi connectivity index (χ4v) is 3.59. The van der Waals surface area contributed by atoms with Gasteiger partial charge in [-0.2, -0.15) is 0 Å². The van der Waals surface area contributed by atoms with Crippen LogP contribution in [0.15, 0.2) is 12.7 Å². The summed E-state index contributed by atoms with van der Waals surface area (Å²) in [4.78, 5) is 2.69. The molecule has 2 unspecified atom stereocenters. The molecule has 0 bridgehead atoms. The summed E-state index contributed by atoms with van der Waals surface area (Å²) in [5.74, 6) is 1.75. The van der Waals surface area contributed by atoms with Crippen molar-refractivity contribution in [1.82, 2.24) is 10.2 Å². The summed E-state index contributed by atoms with van der Waals surface area (Å²) >= 11 is 0. The van der Waals surface area contributed by atoms with Crippen molar-refractivity contribution in [1.29, 1.82) is 0 Å². The van der Waals surface area contributed by atoms with E-state index in [1.807, 2.05) is 0 Å².